The van der Waals surface area contributed by atoms with Crippen molar-refractivity contribution in [3.63, 3.8) is 0 Å². The van der Waals surface area contributed by atoms with E-state index in [0.717, 1.165) is 23.1 Å². The Balaban J connectivity index is 2.21. The van der Waals surface area contributed by atoms with E-state index >= 15 is 0 Å². The van der Waals surface area contributed by atoms with Crippen LogP contribution in [-0.2, 0) is 11.3 Å². The van der Waals surface area contributed by atoms with E-state index in [9.17, 15) is 4.79 Å². The van der Waals surface area contributed by atoms with Crippen LogP contribution >= 0.6 is 22.7 Å². The number of ether oxygens (including phenoxy) is 1. The normalized spacial score (nSPS) is 10.5. The summed E-state index contributed by atoms with van der Waals surface area (Å²) in [5, 5.41) is 2.93. The predicted molar refractivity (Wildman–Crippen MR) is 79.2 cm³/mol. The summed E-state index contributed by atoms with van der Waals surface area (Å²) in [6, 6.07) is 4.15. The average Bonchev–Trinajstić information content (AvgIpc) is 3.04. The Labute approximate surface area is 120 Å². The summed E-state index contributed by atoms with van der Waals surface area (Å²) in [7, 11) is 1.38. The van der Waals surface area contributed by atoms with Crippen molar-refractivity contribution < 1.29 is 9.53 Å². The molecular formula is C13H16N2O2S2. The molecule has 0 radical (unpaired) electrons. The van der Waals surface area contributed by atoms with Gasteiger partial charge >= 0.3 is 5.97 Å². The maximum atomic E-state index is 11.6. The molecule has 0 atom stereocenters. The summed E-state index contributed by atoms with van der Waals surface area (Å²) < 4.78 is 4.74. The molecule has 102 valence electrons. The fraction of sp³-hybridized carbons (Fsp3) is 0.385. The molecule has 0 unspecified atom stereocenters. The highest BCUT2D eigenvalue weighted by atomic mass is 32.1. The molecule has 0 aromatic carbocycles. The van der Waals surface area contributed by atoms with Crippen LogP contribution < -0.4 is 4.90 Å². The van der Waals surface area contributed by atoms with E-state index in [1.807, 2.05) is 13.0 Å². The molecule has 0 aliphatic heterocycles. The lowest BCUT2D eigenvalue weighted by molar-refractivity contribution is 0.0594. The van der Waals surface area contributed by atoms with Gasteiger partial charge in [0.05, 0.1) is 13.7 Å². The van der Waals surface area contributed by atoms with Crippen LogP contribution in [0.15, 0.2) is 17.5 Å². The maximum Gasteiger partial charge on any atom is 0.357 e. The van der Waals surface area contributed by atoms with E-state index in [-0.39, 0.29) is 5.97 Å². The molecule has 0 N–H and O–H groups in total. The van der Waals surface area contributed by atoms with Crippen molar-refractivity contribution in [1.82, 2.24) is 4.98 Å². The summed E-state index contributed by atoms with van der Waals surface area (Å²) in [6.07, 6.45) is 0. The standard InChI is InChI=1S/C13H16N2O2S2/c1-4-15(8-10-6-5-7-18-10)13-14-11(9(2)19-13)12(16)17-3/h5-7H,4,8H2,1-3H3. The van der Waals surface area contributed by atoms with E-state index in [4.69, 9.17) is 4.74 Å². The first-order valence-corrected chi connectivity index (χ1v) is 7.68. The summed E-state index contributed by atoms with van der Waals surface area (Å²) in [5.74, 6) is -0.368. The lowest BCUT2D eigenvalue weighted by Gasteiger charge is -2.18. The van der Waals surface area contributed by atoms with Crippen molar-refractivity contribution in [1.29, 1.82) is 0 Å². The Hall–Kier alpha value is -1.40. The summed E-state index contributed by atoms with van der Waals surface area (Å²) in [4.78, 5) is 20.3. The molecule has 2 aromatic rings. The van der Waals surface area contributed by atoms with Crippen LogP contribution in [0.4, 0.5) is 5.13 Å². The fourth-order valence-corrected chi connectivity index (χ4v) is 3.39. The molecule has 6 heteroatoms. The Morgan fingerprint density at radius 2 is 2.32 bits per heavy atom. The summed E-state index contributed by atoms with van der Waals surface area (Å²) in [6.45, 7) is 5.65. The zero-order valence-corrected chi connectivity index (χ0v) is 12.8. The largest absolute Gasteiger partial charge is 0.464 e. The molecule has 0 amide bonds. The van der Waals surface area contributed by atoms with Crippen molar-refractivity contribution in [2.24, 2.45) is 0 Å². The molecular weight excluding hydrogens is 280 g/mol. The molecule has 0 bridgehead atoms. The monoisotopic (exact) mass is 296 g/mol. The number of nitrogens with zero attached hydrogens (tertiary/aromatic N) is 2. The Kier molecular flexibility index (Phi) is 4.55. The fourth-order valence-electron chi connectivity index (χ4n) is 1.71. The third kappa shape index (κ3) is 3.13. The van der Waals surface area contributed by atoms with Crippen LogP contribution in [0, 0.1) is 6.92 Å². The van der Waals surface area contributed by atoms with Crippen molar-refractivity contribution >= 4 is 33.8 Å². The zero-order valence-electron chi connectivity index (χ0n) is 11.2. The van der Waals surface area contributed by atoms with E-state index in [0.29, 0.717) is 5.69 Å². The van der Waals surface area contributed by atoms with Gasteiger partial charge in [-0.2, -0.15) is 0 Å². The van der Waals surface area contributed by atoms with Crippen LogP contribution in [0.3, 0.4) is 0 Å². The molecule has 2 rings (SSSR count). The number of carbonyl (C=O) groups excluding carboxylic acids is 1. The molecule has 2 aromatic heterocycles. The number of carbonyl (C=O) groups is 1. The third-order valence-corrected chi connectivity index (χ3v) is 4.64. The highest BCUT2D eigenvalue weighted by Crippen LogP contribution is 2.27. The second-order valence-corrected chi connectivity index (χ2v) is 6.20. The van der Waals surface area contributed by atoms with Gasteiger partial charge in [0.25, 0.3) is 0 Å². The molecule has 0 fully saturated rings. The first-order valence-electron chi connectivity index (χ1n) is 5.98. The number of anilines is 1. The number of methoxy groups -OCH3 is 1. The van der Waals surface area contributed by atoms with Gasteiger partial charge in [-0.25, -0.2) is 9.78 Å². The SMILES string of the molecule is CCN(Cc1cccs1)c1nc(C(=O)OC)c(C)s1. The number of hydrogen-bond acceptors (Lipinski definition) is 6. The minimum Gasteiger partial charge on any atom is -0.464 e. The van der Waals surface area contributed by atoms with Gasteiger partial charge in [-0.1, -0.05) is 6.07 Å². The van der Waals surface area contributed by atoms with Crippen LogP contribution in [0.5, 0.6) is 0 Å². The van der Waals surface area contributed by atoms with E-state index in [1.165, 1.54) is 23.3 Å². The number of thiophene rings is 1. The maximum absolute atomic E-state index is 11.6. The summed E-state index contributed by atoms with van der Waals surface area (Å²) >= 11 is 3.26. The topological polar surface area (TPSA) is 42.4 Å². The molecule has 0 spiro atoms. The second kappa shape index (κ2) is 6.16. The summed E-state index contributed by atoms with van der Waals surface area (Å²) in [5.41, 5.74) is 0.423. The number of esters is 1. The van der Waals surface area contributed by atoms with Crippen molar-refractivity contribution in [3.8, 4) is 0 Å². The Morgan fingerprint density at radius 1 is 1.53 bits per heavy atom. The van der Waals surface area contributed by atoms with E-state index < -0.39 is 0 Å². The number of hydrogen-bond donors (Lipinski definition) is 0. The van der Waals surface area contributed by atoms with Gasteiger partial charge in [0.2, 0.25) is 0 Å². The van der Waals surface area contributed by atoms with E-state index in [2.05, 4.69) is 28.3 Å². The molecule has 0 aliphatic carbocycles. The van der Waals surface area contributed by atoms with Crippen LogP contribution in [0.2, 0.25) is 0 Å². The van der Waals surface area contributed by atoms with Gasteiger partial charge in [0, 0.05) is 16.3 Å². The number of aryl methyl sites for hydroxylation is 1. The first-order chi connectivity index (χ1) is 9.15. The average molecular weight is 296 g/mol. The molecule has 19 heavy (non-hydrogen) atoms. The van der Waals surface area contributed by atoms with Gasteiger partial charge < -0.3 is 9.64 Å². The molecule has 2 heterocycles. The van der Waals surface area contributed by atoms with Gasteiger partial charge in [-0.05, 0) is 25.3 Å². The van der Waals surface area contributed by atoms with Gasteiger partial charge in [0.1, 0.15) is 0 Å². The van der Waals surface area contributed by atoms with Gasteiger partial charge in [-0.15, -0.1) is 22.7 Å². The Bertz CT molecular complexity index is 549. The first kappa shape index (κ1) is 14.0. The molecule has 0 saturated heterocycles. The van der Waals surface area contributed by atoms with E-state index in [1.54, 1.807) is 11.3 Å². The Morgan fingerprint density at radius 3 is 2.89 bits per heavy atom. The van der Waals surface area contributed by atoms with Gasteiger partial charge in [-0.3, -0.25) is 0 Å². The van der Waals surface area contributed by atoms with Crippen molar-refractivity contribution in [2.45, 2.75) is 20.4 Å². The minimum absolute atomic E-state index is 0.368. The third-order valence-electron chi connectivity index (χ3n) is 2.74. The lowest BCUT2D eigenvalue weighted by atomic mass is 10.4. The minimum atomic E-state index is -0.368. The highest BCUT2D eigenvalue weighted by molar-refractivity contribution is 7.15. The lowest BCUT2D eigenvalue weighted by Crippen LogP contribution is -2.21. The van der Waals surface area contributed by atoms with Crippen molar-refractivity contribution in [2.75, 3.05) is 18.6 Å². The second-order valence-electron chi connectivity index (χ2n) is 3.99. The highest BCUT2D eigenvalue weighted by Gasteiger charge is 2.19. The number of rotatable bonds is 5. The quantitative estimate of drug-likeness (QED) is 0.794. The smallest absolute Gasteiger partial charge is 0.357 e. The van der Waals surface area contributed by atoms with Crippen molar-refractivity contribution in [3.05, 3.63) is 33.0 Å². The number of aromatic nitrogens is 1. The van der Waals surface area contributed by atoms with Crippen LogP contribution in [-0.4, -0.2) is 24.6 Å². The number of thiazole rings is 1. The predicted octanol–water partition coefficient (Wildman–Crippen LogP) is 3.33. The molecule has 0 saturated carbocycles. The molecule has 4 nitrogen and oxygen atoms in total. The van der Waals surface area contributed by atoms with Gasteiger partial charge in [0.15, 0.2) is 10.8 Å². The van der Waals surface area contributed by atoms with Crippen LogP contribution in [0.1, 0.15) is 27.2 Å². The zero-order chi connectivity index (χ0) is 13.8. The van der Waals surface area contributed by atoms with Crippen LogP contribution in [0.25, 0.3) is 0 Å². The molecule has 0 aliphatic rings.